The highest BCUT2D eigenvalue weighted by molar-refractivity contribution is 7.16. The van der Waals surface area contributed by atoms with Gasteiger partial charge in [0, 0.05) is 30.3 Å². The van der Waals surface area contributed by atoms with Crippen LogP contribution in [0.3, 0.4) is 0 Å². The molecular formula is C17H13N3O4S. The lowest BCUT2D eigenvalue weighted by Gasteiger charge is -1.98. The van der Waals surface area contributed by atoms with Gasteiger partial charge in [-0.15, -0.1) is 0 Å². The van der Waals surface area contributed by atoms with Crippen LogP contribution in [0.4, 0.5) is 5.69 Å². The largest absolute Gasteiger partial charge is 0.319 e. The number of aryl methyl sites for hydroxylation is 1. The third kappa shape index (κ3) is 3.24. The predicted octanol–water partition coefficient (Wildman–Crippen LogP) is 3.09. The molecule has 1 amide bonds. The van der Waals surface area contributed by atoms with E-state index in [2.05, 4.69) is 4.99 Å². The molecule has 126 valence electrons. The highest BCUT2D eigenvalue weighted by Crippen LogP contribution is 2.22. The first-order valence-corrected chi connectivity index (χ1v) is 8.12. The fraction of sp³-hybridized carbons (Fsp3) is 0.118. The summed E-state index contributed by atoms with van der Waals surface area (Å²) in [5, 5.41) is 10.9. The molecule has 3 aromatic rings. The second-order valence-corrected chi connectivity index (χ2v) is 6.41. The van der Waals surface area contributed by atoms with E-state index in [1.165, 1.54) is 30.4 Å². The molecule has 25 heavy (non-hydrogen) atoms. The van der Waals surface area contributed by atoms with Gasteiger partial charge in [0.25, 0.3) is 11.6 Å². The molecule has 0 fully saturated rings. The van der Waals surface area contributed by atoms with Crippen molar-refractivity contribution in [3.05, 3.63) is 68.5 Å². The maximum atomic E-state index is 12.3. The number of benzene rings is 2. The maximum Gasteiger partial charge on any atom is 0.279 e. The second kappa shape index (κ2) is 6.40. The van der Waals surface area contributed by atoms with Crippen molar-refractivity contribution in [1.29, 1.82) is 0 Å². The molecule has 1 aromatic heterocycles. The molecule has 0 radical (unpaired) electrons. The number of non-ortho nitro benzene ring substituents is 1. The Morgan fingerprint density at radius 1 is 1.12 bits per heavy atom. The van der Waals surface area contributed by atoms with Crippen molar-refractivity contribution in [2.45, 2.75) is 6.92 Å². The van der Waals surface area contributed by atoms with Crippen molar-refractivity contribution in [1.82, 2.24) is 4.57 Å². The summed E-state index contributed by atoms with van der Waals surface area (Å²) in [5.41, 5.74) is 1.51. The molecule has 0 aliphatic rings. The first-order chi connectivity index (χ1) is 11.9. The third-order valence-corrected chi connectivity index (χ3v) is 4.85. The van der Waals surface area contributed by atoms with Gasteiger partial charge in [-0.1, -0.05) is 23.5 Å². The van der Waals surface area contributed by atoms with Crippen molar-refractivity contribution in [3.63, 3.8) is 0 Å². The van der Waals surface area contributed by atoms with Crippen LogP contribution in [0.5, 0.6) is 0 Å². The van der Waals surface area contributed by atoms with Gasteiger partial charge in [-0.05, 0) is 25.1 Å². The molecule has 0 aliphatic heterocycles. The van der Waals surface area contributed by atoms with Gasteiger partial charge < -0.3 is 4.57 Å². The number of Topliss-reactive ketones (excluding diaryl/α,β-unsaturated/α-hetero) is 1. The molecule has 0 spiro atoms. The van der Waals surface area contributed by atoms with E-state index in [4.69, 9.17) is 0 Å². The van der Waals surface area contributed by atoms with Crippen molar-refractivity contribution in [2.75, 3.05) is 0 Å². The standard InChI is InChI=1S/C17H13N3O4S/c1-10(21)11-3-5-12(6-4-11)16(22)18-17-19(2)14-9-13(20(23)24)7-8-15(14)25-17/h3-9H,1-2H3. The highest BCUT2D eigenvalue weighted by Gasteiger charge is 2.12. The monoisotopic (exact) mass is 355 g/mol. The smallest absolute Gasteiger partial charge is 0.279 e. The van der Waals surface area contributed by atoms with Crippen LogP contribution in [0.2, 0.25) is 0 Å². The Morgan fingerprint density at radius 2 is 1.76 bits per heavy atom. The molecule has 7 nitrogen and oxygen atoms in total. The van der Waals surface area contributed by atoms with Gasteiger partial charge in [0.1, 0.15) is 0 Å². The van der Waals surface area contributed by atoms with E-state index in [0.717, 1.165) is 4.70 Å². The summed E-state index contributed by atoms with van der Waals surface area (Å²) >= 11 is 1.27. The van der Waals surface area contributed by atoms with Crippen LogP contribution in [-0.2, 0) is 7.05 Å². The molecule has 0 saturated carbocycles. The molecular weight excluding hydrogens is 342 g/mol. The van der Waals surface area contributed by atoms with E-state index in [0.29, 0.717) is 21.4 Å². The number of fused-ring (bicyclic) bond motifs is 1. The minimum absolute atomic E-state index is 0.0152. The van der Waals surface area contributed by atoms with Crippen LogP contribution in [0, 0.1) is 10.1 Å². The number of nitro groups is 1. The SMILES string of the molecule is CC(=O)c1ccc(C(=O)N=c2sc3ccc([N+](=O)[O-])cc3n2C)cc1. The summed E-state index contributed by atoms with van der Waals surface area (Å²) in [4.78, 5) is 38.6. The fourth-order valence-corrected chi connectivity index (χ4v) is 3.33. The molecule has 8 heteroatoms. The Morgan fingerprint density at radius 3 is 2.36 bits per heavy atom. The lowest BCUT2D eigenvalue weighted by molar-refractivity contribution is -0.384. The van der Waals surface area contributed by atoms with Crippen molar-refractivity contribution >= 4 is 38.9 Å². The lowest BCUT2D eigenvalue weighted by atomic mass is 10.1. The van der Waals surface area contributed by atoms with E-state index < -0.39 is 10.8 Å². The number of nitrogens with zero attached hydrogens (tertiary/aromatic N) is 3. The minimum atomic E-state index is -0.463. The molecule has 1 heterocycles. The normalized spacial score (nSPS) is 11.7. The number of hydrogen-bond acceptors (Lipinski definition) is 5. The lowest BCUT2D eigenvalue weighted by Crippen LogP contribution is -2.13. The molecule has 0 unspecified atom stereocenters. The highest BCUT2D eigenvalue weighted by atomic mass is 32.1. The van der Waals surface area contributed by atoms with Gasteiger partial charge in [-0.25, -0.2) is 0 Å². The van der Waals surface area contributed by atoms with Crippen LogP contribution >= 0.6 is 11.3 Å². The average Bonchev–Trinajstić information content (AvgIpc) is 2.90. The number of aromatic nitrogens is 1. The molecule has 0 aliphatic carbocycles. The van der Waals surface area contributed by atoms with Crippen LogP contribution in [0.1, 0.15) is 27.6 Å². The van der Waals surface area contributed by atoms with Gasteiger partial charge in [0.2, 0.25) is 0 Å². The molecule has 0 saturated heterocycles. The number of carbonyl (C=O) groups excluding carboxylic acids is 2. The van der Waals surface area contributed by atoms with E-state index in [-0.39, 0.29) is 11.5 Å². The predicted molar refractivity (Wildman–Crippen MR) is 93.8 cm³/mol. The van der Waals surface area contributed by atoms with E-state index >= 15 is 0 Å². The molecule has 0 atom stereocenters. The summed E-state index contributed by atoms with van der Waals surface area (Å²) < 4.78 is 2.45. The number of rotatable bonds is 3. The number of ketones is 1. The quantitative estimate of drug-likeness (QED) is 0.410. The van der Waals surface area contributed by atoms with Crippen LogP contribution in [0.15, 0.2) is 47.5 Å². The Labute approximate surface area is 146 Å². The summed E-state index contributed by atoms with van der Waals surface area (Å²) in [7, 11) is 1.70. The fourth-order valence-electron chi connectivity index (χ4n) is 2.33. The number of carbonyl (C=O) groups is 2. The van der Waals surface area contributed by atoms with Gasteiger partial charge in [0.05, 0.1) is 15.1 Å². The Hall–Kier alpha value is -3.13. The third-order valence-electron chi connectivity index (χ3n) is 3.74. The number of nitro benzene ring substituents is 1. The van der Waals surface area contributed by atoms with E-state index in [1.54, 1.807) is 41.9 Å². The van der Waals surface area contributed by atoms with Crippen LogP contribution in [0.25, 0.3) is 10.2 Å². The molecule has 2 aromatic carbocycles. The Kier molecular flexibility index (Phi) is 4.28. The van der Waals surface area contributed by atoms with Crippen molar-refractivity contribution in [3.8, 4) is 0 Å². The average molecular weight is 355 g/mol. The summed E-state index contributed by atoms with van der Waals surface area (Å²) in [6.07, 6.45) is 0. The topological polar surface area (TPSA) is 94.6 Å². The van der Waals surface area contributed by atoms with Gasteiger partial charge >= 0.3 is 0 Å². The van der Waals surface area contributed by atoms with Gasteiger partial charge in [-0.3, -0.25) is 19.7 Å². The van der Waals surface area contributed by atoms with Crippen LogP contribution < -0.4 is 4.80 Å². The molecule has 0 bridgehead atoms. The van der Waals surface area contributed by atoms with Crippen molar-refractivity contribution in [2.24, 2.45) is 12.0 Å². The minimum Gasteiger partial charge on any atom is -0.319 e. The van der Waals surface area contributed by atoms with Gasteiger partial charge in [0.15, 0.2) is 10.6 Å². The maximum absolute atomic E-state index is 12.3. The summed E-state index contributed by atoms with van der Waals surface area (Å²) in [6.45, 7) is 1.46. The molecule has 0 N–H and O–H groups in total. The van der Waals surface area contributed by atoms with E-state index in [9.17, 15) is 19.7 Å². The summed E-state index contributed by atoms with van der Waals surface area (Å²) in [5.74, 6) is -0.514. The van der Waals surface area contributed by atoms with E-state index in [1.807, 2.05) is 0 Å². The number of thiazole rings is 1. The number of amides is 1. The Bertz CT molecular complexity index is 1080. The zero-order valence-electron chi connectivity index (χ0n) is 13.4. The second-order valence-electron chi connectivity index (χ2n) is 5.40. The zero-order chi connectivity index (χ0) is 18.1. The first-order valence-electron chi connectivity index (χ1n) is 7.31. The first kappa shape index (κ1) is 16.7. The summed E-state index contributed by atoms with van der Waals surface area (Å²) in [6, 6.07) is 10.8. The molecule has 3 rings (SSSR count). The number of hydrogen-bond donors (Lipinski definition) is 0. The Balaban J connectivity index is 2.02. The van der Waals surface area contributed by atoms with Gasteiger partial charge in [-0.2, -0.15) is 4.99 Å². The van der Waals surface area contributed by atoms with Crippen LogP contribution in [-0.4, -0.2) is 21.2 Å². The van der Waals surface area contributed by atoms with Crippen molar-refractivity contribution < 1.29 is 14.5 Å². The zero-order valence-corrected chi connectivity index (χ0v) is 14.2.